The Kier molecular flexibility index (Phi) is 14.8. The summed E-state index contributed by atoms with van der Waals surface area (Å²) in [7, 11) is 0. The molecule has 1 N–H and O–H groups in total. The maximum atomic E-state index is 11.5. The minimum absolute atomic E-state index is 0. The summed E-state index contributed by atoms with van der Waals surface area (Å²) >= 11 is 0. The standard InChI is InChI=1S/C14H17NO6.2Na/c16-12(17)8-4-7-11(13(18)19)15-14(20)21-9-10-5-2-1-3-6-10;;/h1-3,5-6,11H,4,7-9H2,(H,15,20)(H,16,17)(H,18,19);;/q;2*+1/p-2/t11-;;/m0../s1. The molecule has 0 saturated heterocycles. The maximum absolute atomic E-state index is 11.5. The minimum atomic E-state index is -1.50. The number of nitrogens with one attached hydrogen (secondary N) is 1. The van der Waals surface area contributed by atoms with Gasteiger partial charge in [-0.1, -0.05) is 30.3 Å². The van der Waals surface area contributed by atoms with Gasteiger partial charge in [0.2, 0.25) is 0 Å². The monoisotopic (exact) mass is 339 g/mol. The number of carbonyl (C=O) groups is 3. The third-order valence-corrected chi connectivity index (χ3v) is 2.66. The molecule has 0 aromatic heterocycles. The van der Waals surface area contributed by atoms with Crippen LogP contribution in [0.5, 0.6) is 0 Å². The summed E-state index contributed by atoms with van der Waals surface area (Å²) in [5, 5.41) is 23.2. The van der Waals surface area contributed by atoms with Crippen LogP contribution in [0.3, 0.4) is 0 Å². The summed E-state index contributed by atoms with van der Waals surface area (Å²) in [6.45, 7) is 0.00544. The van der Waals surface area contributed by atoms with Gasteiger partial charge < -0.3 is 29.9 Å². The first-order chi connectivity index (χ1) is 9.99. The summed E-state index contributed by atoms with van der Waals surface area (Å²) < 4.78 is 4.87. The average Bonchev–Trinajstić information content (AvgIpc) is 2.44. The number of alkyl carbamates (subject to hydrolysis) is 1. The Labute approximate surface area is 178 Å². The molecule has 0 saturated carbocycles. The van der Waals surface area contributed by atoms with Crippen molar-refractivity contribution in [1.82, 2.24) is 5.32 Å². The Balaban J connectivity index is 0. The van der Waals surface area contributed by atoms with Crippen molar-refractivity contribution < 1.29 is 88.4 Å². The van der Waals surface area contributed by atoms with E-state index in [0.717, 1.165) is 5.56 Å². The molecule has 1 rings (SSSR count). The number of ether oxygens (including phenoxy) is 1. The smallest absolute Gasteiger partial charge is 0.550 e. The molecule has 0 unspecified atom stereocenters. The summed E-state index contributed by atoms with van der Waals surface area (Å²) in [5.74, 6) is -2.77. The number of carboxylic acids is 2. The number of rotatable bonds is 8. The molecular weight excluding hydrogens is 324 g/mol. The van der Waals surface area contributed by atoms with E-state index in [4.69, 9.17) is 4.74 Å². The fourth-order valence-corrected chi connectivity index (χ4v) is 1.61. The van der Waals surface area contributed by atoms with Gasteiger partial charge in [0.1, 0.15) is 6.61 Å². The second-order valence-electron chi connectivity index (χ2n) is 4.34. The van der Waals surface area contributed by atoms with E-state index in [1.807, 2.05) is 6.07 Å². The van der Waals surface area contributed by atoms with Gasteiger partial charge in [-0.05, 0) is 24.8 Å². The molecule has 114 valence electrons. The molecule has 0 aliphatic rings. The fourth-order valence-electron chi connectivity index (χ4n) is 1.61. The number of aliphatic carboxylic acids is 2. The summed E-state index contributed by atoms with van der Waals surface area (Å²) in [4.78, 5) is 32.6. The molecule has 23 heavy (non-hydrogen) atoms. The Morgan fingerprint density at radius 3 is 2.22 bits per heavy atom. The van der Waals surface area contributed by atoms with Crippen molar-refractivity contribution >= 4 is 18.0 Å². The molecular formula is C14H15NNa2O6. The normalized spacial score (nSPS) is 10.4. The van der Waals surface area contributed by atoms with Gasteiger partial charge in [-0.15, -0.1) is 0 Å². The van der Waals surface area contributed by atoms with Gasteiger partial charge >= 0.3 is 65.2 Å². The van der Waals surface area contributed by atoms with Crippen LogP contribution in [0.1, 0.15) is 24.8 Å². The minimum Gasteiger partial charge on any atom is -0.550 e. The van der Waals surface area contributed by atoms with Crippen LogP contribution >= 0.6 is 0 Å². The van der Waals surface area contributed by atoms with E-state index in [1.165, 1.54) is 0 Å². The summed E-state index contributed by atoms with van der Waals surface area (Å²) in [5.41, 5.74) is 0.759. The quantitative estimate of drug-likeness (QED) is 0.470. The van der Waals surface area contributed by atoms with Crippen LogP contribution in [0.25, 0.3) is 0 Å². The number of benzene rings is 1. The van der Waals surface area contributed by atoms with E-state index in [9.17, 15) is 24.6 Å². The van der Waals surface area contributed by atoms with Gasteiger partial charge in [-0.3, -0.25) is 0 Å². The SMILES string of the molecule is O=C([O-])CCC[C@H](NC(=O)OCc1ccccc1)C(=O)[O-].[Na+].[Na+]. The van der Waals surface area contributed by atoms with Crippen LogP contribution < -0.4 is 74.6 Å². The molecule has 7 nitrogen and oxygen atoms in total. The third-order valence-electron chi connectivity index (χ3n) is 2.66. The predicted octanol–water partition coefficient (Wildman–Crippen LogP) is -7.04. The van der Waals surface area contributed by atoms with Gasteiger partial charge in [0.15, 0.2) is 0 Å². The van der Waals surface area contributed by atoms with Crippen molar-refractivity contribution in [2.24, 2.45) is 0 Å². The molecule has 0 aliphatic carbocycles. The molecule has 1 aromatic carbocycles. The zero-order chi connectivity index (χ0) is 15.7. The molecule has 0 bridgehead atoms. The summed E-state index contributed by atoms with van der Waals surface area (Å²) in [6.07, 6.45) is -1.21. The molecule has 1 aromatic rings. The van der Waals surface area contributed by atoms with E-state index in [0.29, 0.717) is 0 Å². The van der Waals surface area contributed by atoms with Crippen molar-refractivity contribution in [2.45, 2.75) is 31.9 Å². The second kappa shape index (κ2) is 13.8. The number of hydrogen-bond donors (Lipinski definition) is 1. The largest absolute Gasteiger partial charge is 1.00 e. The van der Waals surface area contributed by atoms with Gasteiger partial charge in [0.05, 0.1) is 12.0 Å². The zero-order valence-corrected chi connectivity index (χ0v) is 17.2. The van der Waals surface area contributed by atoms with Crippen LogP contribution in [0.15, 0.2) is 30.3 Å². The molecule has 0 spiro atoms. The van der Waals surface area contributed by atoms with Crippen LogP contribution in [0, 0.1) is 0 Å². The average molecular weight is 339 g/mol. The number of hydrogen-bond acceptors (Lipinski definition) is 6. The van der Waals surface area contributed by atoms with E-state index in [-0.39, 0.29) is 85.0 Å². The van der Waals surface area contributed by atoms with E-state index >= 15 is 0 Å². The van der Waals surface area contributed by atoms with Crippen molar-refractivity contribution in [3.63, 3.8) is 0 Å². The van der Waals surface area contributed by atoms with Gasteiger partial charge in [0.25, 0.3) is 0 Å². The van der Waals surface area contributed by atoms with E-state index in [2.05, 4.69) is 5.32 Å². The van der Waals surface area contributed by atoms with Crippen molar-refractivity contribution in [2.75, 3.05) is 0 Å². The fraction of sp³-hybridized carbons (Fsp3) is 0.357. The topological polar surface area (TPSA) is 119 Å². The van der Waals surface area contributed by atoms with Crippen LogP contribution in [0.4, 0.5) is 4.79 Å². The van der Waals surface area contributed by atoms with E-state index < -0.39 is 24.1 Å². The van der Waals surface area contributed by atoms with Gasteiger partial charge in [-0.2, -0.15) is 0 Å². The molecule has 1 atom stereocenters. The number of carbonyl (C=O) groups excluding carboxylic acids is 3. The Bertz CT molecular complexity index is 497. The zero-order valence-electron chi connectivity index (χ0n) is 13.2. The van der Waals surface area contributed by atoms with Crippen LogP contribution in [0.2, 0.25) is 0 Å². The molecule has 9 heteroatoms. The predicted molar refractivity (Wildman–Crippen MR) is 67.4 cm³/mol. The first-order valence-corrected chi connectivity index (χ1v) is 6.37. The number of carboxylic acid groups (broad SMARTS) is 2. The van der Waals surface area contributed by atoms with Gasteiger partial charge in [-0.25, -0.2) is 4.79 Å². The molecule has 0 heterocycles. The Morgan fingerprint density at radius 2 is 1.70 bits per heavy atom. The Morgan fingerprint density at radius 1 is 1.09 bits per heavy atom. The van der Waals surface area contributed by atoms with Gasteiger partial charge in [0, 0.05) is 5.97 Å². The Hall–Kier alpha value is -0.570. The maximum Gasteiger partial charge on any atom is 1.00 e. The van der Waals surface area contributed by atoms with E-state index in [1.54, 1.807) is 24.3 Å². The van der Waals surface area contributed by atoms with Crippen LogP contribution in [-0.4, -0.2) is 24.1 Å². The second-order valence-corrected chi connectivity index (χ2v) is 4.34. The van der Waals surface area contributed by atoms with Crippen molar-refractivity contribution in [1.29, 1.82) is 0 Å². The third kappa shape index (κ3) is 11.6. The summed E-state index contributed by atoms with van der Waals surface area (Å²) in [6, 6.07) is 7.58. The first-order valence-electron chi connectivity index (χ1n) is 6.37. The number of amides is 1. The molecule has 0 fully saturated rings. The van der Waals surface area contributed by atoms with Crippen LogP contribution in [-0.2, 0) is 20.9 Å². The van der Waals surface area contributed by atoms with Crippen molar-refractivity contribution in [3.05, 3.63) is 35.9 Å². The van der Waals surface area contributed by atoms with Crippen molar-refractivity contribution in [3.8, 4) is 0 Å². The molecule has 1 amide bonds. The molecule has 0 aliphatic heterocycles. The molecule has 0 radical (unpaired) electrons. The first kappa shape index (κ1) is 24.7.